The largest absolute Gasteiger partial charge is 0.313 e. The first kappa shape index (κ1) is 9.81. The van der Waals surface area contributed by atoms with E-state index in [2.05, 4.69) is 28.9 Å². The number of nitrogens with zero attached hydrogens (tertiary/aromatic N) is 1. The number of hydrogen-bond donors (Lipinski definition) is 1. The summed E-state index contributed by atoms with van der Waals surface area (Å²) in [6, 6.07) is 1.58. The molecule has 1 unspecified atom stereocenters. The summed E-state index contributed by atoms with van der Waals surface area (Å²) >= 11 is 2.10. The van der Waals surface area contributed by atoms with Gasteiger partial charge in [-0.25, -0.2) is 0 Å². The van der Waals surface area contributed by atoms with E-state index in [9.17, 15) is 0 Å². The van der Waals surface area contributed by atoms with Crippen molar-refractivity contribution in [3.63, 3.8) is 0 Å². The van der Waals surface area contributed by atoms with Crippen molar-refractivity contribution >= 4 is 11.8 Å². The van der Waals surface area contributed by atoms with E-state index in [-0.39, 0.29) is 0 Å². The van der Waals surface area contributed by atoms with Gasteiger partial charge in [-0.3, -0.25) is 4.90 Å². The van der Waals surface area contributed by atoms with Gasteiger partial charge in [-0.05, 0) is 26.3 Å². The van der Waals surface area contributed by atoms with Crippen LogP contribution in [-0.4, -0.2) is 48.1 Å². The molecule has 1 N–H and O–H groups in total. The Labute approximate surface area is 85.4 Å². The van der Waals surface area contributed by atoms with Gasteiger partial charge in [0.2, 0.25) is 0 Å². The lowest BCUT2D eigenvalue weighted by atomic mass is 10.2. The van der Waals surface area contributed by atoms with Crippen LogP contribution >= 0.6 is 11.8 Å². The monoisotopic (exact) mass is 200 g/mol. The molecule has 0 aromatic rings. The molecule has 0 aromatic heterocycles. The molecule has 0 radical (unpaired) electrons. The Kier molecular flexibility index (Phi) is 3.52. The Morgan fingerprint density at radius 3 is 3.15 bits per heavy atom. The van der Waals surface area contributed by atoms with Crippen LogP contribution < -0.4 is 5.32 Å². The second-order valence-corrected chi connectivity index (χ2v) is 5.36. The highest BCUT2D eigenvalue weighted by molar-refractivity contribution is 7.99. The standard InChI is InChI=1S/C10H20N2S/c1-9-8-13-6-5-12(9)7-10-3-2-4-11-10/h9-11H,2-8H2,1H3/t9?,10-/m0/s1. The lowest BCUT2D eigenvalue weighted by Crippen LogP contribution is -2.46. The molecule has 76 valence electrons. The summed E-state index contributed by atoms with van der Waals surface area (Å²) in [6.45, 7) is 6.18. The van der Waals surface area contributed by atoms with Gasteiger partial charge in [-0.15, -0.1) is 0 Å². The third-order valence-corrected chi connectivity index (χ3v) is 4.31. The maximum atomic E-state index is 3.58. The highest BCUT2D eigenvalue weighted by Crippen LogP contribution is 2.17. The molecule has 0 saturated carbocycles. The zero-order valence-electron chi connectivity index (χ0n) is 8.46. The van der Waals surface area contributed by atoms with Gasteiger partial charge in [-0.2, -0.15) is 11.8 Å². The quantitative estimate of drug-likeness (QED) is 0.720. The smallest absolute Gasteiger partial charge is 0.0195 e. The van der Waals surface area contributed by atoms with Crippen molar-refractivity contribution < 1.29 is 0 Å². The van der Waals surface area contributed by atoms with E-state index in [1.165, 1.54) is 44.0 Å². The minimum atomic E-state index is 0.783. The molecular formula is C10H20N2S. The summed E-state index contributed by atoms with van der Waals surface area (Å²) in [5.41, 5.74) is 0. The van der Waals surface area contributed by atoms with E-state index in [4.69, 9.17) is 0 Å². The second-order valence-electron chi connectivity index (χ2n) is 4.21. The Morgan fingerprint density at radius 1 is 1.54 bits per heavy atom. The molecule has 2 aliphatic heterocycles. The molecule has 2 rings (SSSR count). The summed E-state index contributed by atoms with van der Waals surface area (Å²) < 4.78 is 0. The molecule has 2 aliphatic rings. The van der Waals surface area contributed by atoms with Crippen LogP contribution in [0.5, 0.6) is 0 Å². The summed E-state index contributed by atoms with van der Waals surface area (Å²) in [5, 5.41) is 3.58. The first-order valence-electron chi connectivity index (χ1n) is 5.41. The first-order valence-corrected chi connectivity index (χ1v) is 6.57. The summed E-state index contributed by atoms with van der Waals surface area (Å²) in [6.07, 6.45) is 2.76. The molecule has 0 aliphatic carbocycles. The van der Waals surface area contributed by atoms with Gasteiger partial charge in [0.15, 0.2) is 0 Å². The average Bonchev–Trinajstić information content (AvgIpc) is 2.61. The Morgan fingerprint density at radius 2 is 2.46 bits per heavy atom. The fourth-order valence-electron chi connectivity index (χ4n) is 2.23. The Hall–Kier alpha value is 0.270. The van der Waals surface area contributed by atoms with Crippen LogP contribution in [0.1, 0.15) is 19.8 Å². The van der Waals surface area contributed by atoms with E-state index in [0.717, 1.165) is 12.1 Å². The van der Waals surface area contributed by atoms with Crippen LogP contribution in [0.25, 0.3) is 0 Å². The van der Waals surface area contributed by atoms with E-state index >= 15 is 0 Å². The van der Waals surface area contributed by atoms with Crippen molar-refractivity contribution in [2.75, 3.05) is 31.1 Å². The summed E-state index contributed by atoms with van der Waals surface area (Å²) in [4.78, 5) is 2.65. The maximum absolute atomic E-state index is 3.58. The number of nitrogens with one attached hydrogen (secondary N) is 1. The van der Waals surface area contributed by atoms with Gasteiger partial charge >= 0.3 is 0 Å². The van der Waals surface area contributed by atoms with Crippen LogP contribution in [0.15, 0.2) is 0 Å². The van der Waals surface area contributed by atoms with Gasteiger partial charge in [-0.1, -0.05) is 0 Å². The highest BCUT2D eigenvalue weighted by Gasteiger charge is 2.23. The molecular weight excluding hydrogens is 180 g/mol. The van der Waals surface area contributed by atoms with Gasteiger partial charge in [0.25, 0.3) is 0 Å². The fourth-order valence-corrected chi connectivity index (χ4v) is 3.31. The zero-order chi connectivity index (χ0) is 9.10. The maximum Gasteiger partial charge on any atom is 0.0195 e. The molecule has 0 aromatic carbocycles. The molecule has 2 saturated heterocycles. The van der Waals surface area contributed by atoms with E-state index in [1.54, 1.807) is 0 Å². The topological polar surface area (TPSA) is 15.3 Å². The number of rotatable bonds is 2. The van der Waals surface area contributed by atoms with Crippen molar-refractivity contribution in [1.29, 1.82) is 0 Å². The number of thioether (sulfide) groups is 1. The van der Waals surface area contributed by atoms with Crippen LogP contribution in [-0.2, 0) is 0 Å². The zero-order valence-corrected chi connectivity index (χ0v) is 9.28. The van der Waals surface area contributed by atoms with Crippen LogP contribution in [0.2, 0.25) is 0 Å². The van der Waals surface area contributed by atoms with Crippen molar-refractivity contribution in [2.45, 2.75) is 31.8 Å². The van der Waals surface area contributed by atoms with E-state index < -0.39 is 0 Å². The van der Waals surface area contributed by atoms with Crippen molar-refractivity contribution in [2.24, 2.45) is 0 Å². The molecule has 0 spiro atoms. The molecule has 0 bridgehead atoms. The molecule has 2 heterocycles. The van der Waals surface area contributed by atoms with Crippen LogP contribution in [0.3, 0.4) is 0 Å². The summed E-state index contributed by atoms with van der Waals surface area (Å²) in [5.74, 6) is 2.66. The van der Waals surface area contributed by atoms with Gasteiger partial charge in [0.1, 0.15) is 0 Å². The predicted octanol–water partition coefficient (Wildman–Crippen LogP) is 1.18. The Bertz CT molecular complexity index is 157. The fraction of sp³-hybridized carbons (Fsp3) is 1.00. The SMILES string of the molecule is CC1CSCCN1C[C@@H]1CCCN1. The molecule has 2 atom stereocenters. The van der Waals surface area contributed by atoms with Gasteiger partial charge < -0.3 is 5.32 Å². The average molecular weight is 200 g/mol. The summed E-state index contributed by atoms with van der Waals surface area (Å²) in [7, 11) is 0. The van der Waals surface area contributed by atoms with Crippen LogP contribution in [0, 0.1) is 0 Å². The normalized spacial score (nSPS) is 36.7. The lowest BCUT2D eigenvalue weighted by molar-refractivity contribution is 0.212. The van der Waals surface area contributed by atoms with Gasteiger partial charge in [0, 0.05) is 36.7 Å². The molecule has 2 fully saturated rings. The molecule has 0 amide bonds. The van der Waals surface area contributed by atoms with Crippen molar-refractivity contribution in [1.82, 2.24) is 10.2 Å². The van der Waals surface area contributed by atoms with E-state index in [1.807, 2.05) is 0 Å². The lowest BCUT2D eigenvalue weighted by Gasteiger charge is -2.34. The third kappa shape index (κ3) is 2.61. The number of hydrogen-bond acceptors (Lipinski definition) is 3. The van der Waals surface area contributed by atoms with Crippen LogP contribution in [0.4, 0.5) is 0 Å². The molecule has 13 heavy (non-hydrogen) atoms. The van der Waals surface area contributed by atoms with E-state index in [0.29, 0.717) is 0 Å². The van der Waals surface area contributed by atoms with Crippen molar-refractivity contribution in [3.8, 4) is 0 Å². The predicted molar refractivity (Wildman–Crippen MR) is 59.4 cm³/mol. The third-order valence-electron chi connectivity index (χ3n) is 3.12. The highest BCUT2D eigenvalue weighted by atomic mass is 32.2. The molecule has 2 nitrogen and oxygen atoms in total. The molecule has 3 heteroatoms. The van der Waals surface area contributed by atoms with Gasteiger partial charge in [0.05, 0.1) is 0 Å². The second kappa shape index (κ2) is 4.67. The Balaban J connectivity index is 1.78. The minimum absolute atomic E-state index is 0.783. The first-order chi connectivity index (χ1) is 6.36. The van der Waals surface area contributed by atoms with Crippen molar-refractivity contribution in [3.05, 3.63) is 0 Å². The minimum Gasteiger partial charge on any atom is -0.313 e.